The van der Waals surface area contributed by atoms with Crippen molar-refractivity contribution >= 4 is 33.1 Å². The van der Waals surface area contributed by atoms with E-state index in [-0.39, 0.29) is 16.2 Å². The fraction of sp³-hybridized carbons (Fsp3) is 0.280. The summed E-state index contributed by atoms with van der Waals surface area (Å²) in [6.45, 7) is 5.66. The Morgan fingerprint density at radius 2 is 1.66 bits per heavy atom. The topological polar surface area (TPSA) is 104 Å². The quantitative estimate of drug-likeness (QED) is 0.519. The molecule has 1 fully saturated rings. The third-order valence-electron chi connectivity index (χ3n) is 5.85. The summed E-state index contributed by atoms with van der Waals surface area (Å²) >= 11 is 0. The zero-order valence-electron chi connectivity index (χ0n) is 20.0. The Morgan fingerprint density at radius 3 is 2.29 bits per heavy atom. The van der Waals surface area contributed by atoms with Crippen molar-refractivity contribution in [1.82, 2.24) is 9.88 Å². The molecule has 35 heavy (non-hydrogen) atoms. The second-order valence-corrected chi connectivity index (χ2v) is 10.1. The standard InChI is InChI=1S/C25H29N5O4S/c1-18-4-7-20(8-5-18)28-35(32,33)23-16-19(6-10-22(23)34-3)25(31)27-21-9-11-24(26-17-21)30-14-12-29(2)13-15-30/h4-11,16-17,28H,12-15H2,1-3H3,(H,27,31). The highest BCUT2D eigenvalue weighted by Gasteiger charge is 2.22. The summed E-state index contributed by atoms with van der Waals surface area (Å²) in [7, 11) is -0.519. The van der Waals surface area contributed by atoms with Gasteiger partial charge in [0.25, 0.3) is 15.9 Å². The number of piperazine rings is 1. The van der Waals surface area contributed by atoms with Crippen molar-refractivity contribution in [1.29, 1.82) is 0 Å². The Balaban J connectivity index is 1.50. The third kappa shape index (κ3) is 5.90. The van der Waals surface area contributed by atoms with Crippen LogP contribution in [0.2, 0.25) is 0 Å². The Kier molecular flexibility index (Phi) is 7.23. The first-order chi connectivity index (χ1) is 16.7. The van der Waals surface area contributed by atoms with Gasteiger partial charge in [-0.15, -0.1) is 0 Å². The number of likely N-dealkylation sites (N-methyl/N-ethyl adjacent to an activating group) is 1. The lowest BCUT2D eigenvalue weighted by Crippen LogP contribution is -2.44. The van der Waals surface area contributed by atoms with Crippen molar-refractivity contribution < 1.29 is 17.9 Å². The Labute approximate surface area is 205 Å². The van der Waals surface area contributed by atoms with Crippen LogP contribution in [0.4, 0.5) is 17.2 Å². The third-order valence-corrected chi connectivity index (χ3v) is 7.25. The van der Waals surface area contributed by atoms with E-state index in [1.807, 2.05) is 25.1 Å². The van der Waals surface area contributed by atoms with Crippen LogP contribution in [-0.2, 0) is 10.0 Å². The van der Waals surface area contributed by atoms with Gasteiger partial charge in [0, 0.05) is 37.4 Å². The minimum atomic E-state index is -4.00. The summed E-state index contributed by atoms with van der Waals surface area (Å²) in [6, 6.07) is 14.9. The molecule has 0 saturated carbocycles. The van der Waals surface area contributed by atoms with Crippen LogP contribution in [0.1, 0.15) is 15.9 Å². The maximum absolute atomic E-state index is 13.1. The van der Waals surface area contributed by atoms with Crippen LogP contribution in [0.15, 0.2) is 65.7 Å². The van der Waals surface area contributed by atoms with Crippen LogP contribution in [0, 0.1) is 6.92 Å². The molecule has 2 aromatic carbocycles. The van der Waals surface area contributed by atoms with Gasteiger partial charge in [-0.25, -0.2) is 13.4 Å². The van der Waals surface area contributed by atoms with E-state index in [1.54, 1.807) is 24.4 Å². The van der Waals surface area contributed by atoms with Gasteiger partial charge in [0.05, 0.1) is 19.0 Å². The van der Waals surface area contributed by atoms with Gasteiger partial charge in [0.15, 0.2) is 0 Å². The zero-order valence-corrected chi connectivity index (χ0v) is 20.8. The van der Waals surface area contributed by atoms with E-state index in [9.17, 15) is 13.2 Å². The molecule has 1 aromatic heterocycles. The molecule has 4 rings (SSSR count). The largest absolute Gasteiger partial charge is 0.495 e. The number of methoxy groups -OCH3 is 1. The van der Waals surface area contributed by atoms with E-state index in [0.29, 0.717) is 11.4 Å². The van der Waals surface area contributed by atoms with Crippen LogP contribution in [0.5, 0.6) is 5.75 Å². The molecule has 10 heteroatoms. The molecule has 2 heterocycles. The summed E-state index contributed by atoms with van der Waals surface area (Å²) in [5.41, 5.74) is 2.12. The summed E-state index contributed by atoms with van der Waals surface area (Å²) in [4.78, 5) is 21.7. The molecule has 0 atom stereocenters. The van der Waals surface area contributed by atoms with Crippen molar-refractivity contribution in [3.05, 3.63) is 71.9 Å². The molecule has 3 aromatic rings. The SMILES string of the molecule is COc1ccc(C(=O)Nc2ccc(N3CCN(C)CC3)nc2)cc1S(=O)(=O)Nc1ccc(C)cc1. The normalized spacial score (nSPS) is 14.4. The number of ether oxygens (including phenoxy) is 1. The lowest BCUT2D eigenvalue weighted by atomic mass is 10.2. The first-order valence-corrected chi connectivity index (χ1v) is 12.7. The lowest BCUT2D eigenvalue weighted by Gasteiger charge is -2.33. The first kappa shape index (κ1) is 24.5. The van der Waals surface area contributed by atoms with Crippen molar-refractivity contribution in [3.8, 4) is 5.75 Å². The number of rotatable bonds is 7. The van der Waals surface area contributed by atoms with Crippen molar-refractivity contribution in [3.63, 3.8) is 0 Å². The second kappa shape index (κ2) is 10.3. The summed E-state index contributed by atoms with van der Waals surface area (Å²) in [6.07, 6.45) is 1.60. The van der Waals surface area contributed by atoms with Gasteiger partial charge in [-0.05, 0) is 56.4 Å². The Hall–Kier alpha value is -3.63. The van der Waals surface area contributed by atoms with E-state index < -0.39 is 15.9 Å². The number of benzene rings is 2. The summed E-state index contributed by atoms with van der Waals surface area (Å²) < 4.78 is 33.9. The molecule has 184 valence electrons. The van der Waals surface area contributed by atoms with Crippen LogP contribution >= 0.6 is 0 Å². The molecule has 0 bridgehead atoms. The highest BCUT2D eigenvalue weighted by atomic mass is 32.2. The zero-order chi connectivity index (χ0) is 25.0. The second-order valence-electron chi connectivity index (χ2n) is 8.49. The van der Waals surface area contributed by atoms with Crippen molar-refractivity contribution in [2.24, 2.45) is 0 Å². The lowest BCUT2D eigenvalue weighted by molar-refractivity contribution is 0.102. The number of aromatic nitrogens is 1. The molecule has 1 amide bonds. The van der Waals surface area contributed by atoms with Gasteiger partial charge in [-0.1, -0.05) is 17.7 Å². The van der Waals surface area contributed by atoms with Crippen LogP contribution in [0.3, 0.4) is 0 Å². The molecule has 0 spiro atoms. The number of sulfonamides is 1. The summed E-state index contributed by atoms with van der Waals surface area (Å²) in [5.74, 6) is 0.545. The number of pyridine rings is 1. The number of carbonyl (C=O) groups excluding carboxylic acids is 1. The average Bonchev–Trinajstić information content (AvgIpc) is 2.86. The van der Waals surface area contributed by atoms with E-state index >= 15 is 0 Å². The minimum absolute atomic E-state index is 0.128. The highest BCUT2D eigenvalue weighted by molar-refractivity contribution is 7.92. The van der Waals surface area contributed by atoms with Gasteiger partial charge in [-0.3, -0.25) is 9.52 Å². The van der Waals surface area contributed by atoms with Crippen LogP contribution in [-0.4, -0.2) is 64.5 Å². The molecule has 2 N–H and O–H groups in total. The average molecular weight is 496 g/mol. The van der Waals surface area contributed by atoms with Crippen molar-refractivity contribution in [2.45, 2.75) is 11.8 Å². The predicted molar refractivity (Wildman–Crippen MR) is 137 cm³/mol. The summed E-state index contributed by atoms with van der Waals surface area (Å²) in [5, 5.41) is 2.78. The number of nitrogens with zero attached hydrogens (tertiary/aromatic N) is 3. The van der Waals surface area contributed by atoms with Gasteiger partial charge in [0.1, 0.15) is 16.5 Å². The number of aryl methyl sites for hydroxylation is 1. The van der Waals surface area contributed by atoms with Crippen LogP contribution in [0.25, 0.3) is 0 Å². The smallest absolute Gasteiger partial charge is 0.265 e. The van der Waals surface area contributed by atoms with Gasteiger partial charge < -0.3 is 19.9 Å². The molecule has 0 radical (unpaired) electrons. The monoisotopic (exact) mass is 495 g/mol. The fourth-order valence-electron chi connectivity index (χ4n) is 3.75. The maximum Gasteiger partial charge on any atom is 0.265 e. The van der Waals surface area contributed by atoms with E-state index in [1.165, 1.54) is 25.3 Å². The first-order valence-electron chi connectivity index (χ1n) is 11.2. The molecule has 1 aliphatic heterocycles. The number of carbonyl (C=O) groups is 1. The van der Waals surface area contributed by atoms with E-state index in [4.69, 9.17) is 4.74 Å². The van der Waals surface area contributed by atoms with Crippen molar-refractivity contribution in [2.75, 3.05) is 55.3 Å². The molecule has 1 saturated heterocycles. The Bertz CT molecular complexity index is 1290. The van der Waals surface area contributed by atoms with Crippen LogP contribution < -0.4 is 19.7 Å². The number of hydrogen-bond donors (Lipinski definition) is 2. The predicted octanol–water partition coefficient (Wildman–Crippen LogP) is 3.20. The van der Waals surface area contributed by atoms with Gasteiger partial charge in [0.2, 0.25) is 0 Å². The molecular formula is C25H29N5O4S. The molecule has 0 unspecified atom stereocenters. The number of anilines is 3. The minimum Gasteiger partial charge on any atom is -0.495 e. The number of hydrogen-bond acceptors (Lipinski definition) is 7. The number of nitrogens with one attached hydrogen (secondary N) is 2. The molecule has 1 aliphatic rings. The van der Waals surface area contributed by atoms with E-state index in [0.717, 1.165) is 37.6 Å². The number of amides is 1. The van der Waals surface area contributed by atoms with Gasteiger partial charge in [-0.2, -0.15) is 0 Å². The molecule has 0 aliphatic carbocycles. The fourth-order valence-corrected chi connectivity index (χ4v) is 5.00. The van der Waals surface area contributed by atoms with Gasteiger partial charge >= 0.3 is 0 Å². The Morgan fingerprint density at radius 1 is 0.971 bits per heavy atom. The highest BCUT2D eigenvalue weighted by Crippen LogP contribution is 2.28. The molecule has 9 nitrogen and oxygen atoms in total. The maximum atomic E-state index is 13.1. The molecular weight excluding hydrogens is 466 g/mol. The van der Waals surface area contributed by atoms with E-state index in [2.05, 4.69) is 31.9 Å².